The Morgan fingerprint density at radius 3 is 2.26 bits per heavy atom. The fourth-order valence-corrected chi connectivity index (χ4v) is 5.62. The number of nitrogens with one attached hydrogen (secondary N) is 1. The van der Waals surface area contributed by atoms with Gasteiger partial charge in [0.2, 0.25) is 15.9 Å². The monoisotopic (exact) mass is 450 g/mol. The summed E-state index contributed by atoms with van der Waals surface area (Å²) in [6.07, 6.45) is 1.69. The molecule has 1 aromatic heterocycles. The molecule has 9 nitrogen and oxygen atoms in total. The summed E-state index contributed by atoms with van der Waals surface area (Å²) in [5, 5.41) is 7.12. The first-order chi connectivity index (χ1) is 14.6. The molecular formula is C21H30N4O5S. The smallest absolute Gasteiger partial charge is 0.246 e. The van der Waals surface area contributed by atoms with E-state index in [9.17, 15) is 13.2 Å². The molecule has 10 heteroatoms. The van der Waals surface area contributed by atoms with Crippen LogP contribution in [0.3, 0.4) is 0 Å². The molecule has 1 aliphatic heterocycles. The maximum absolute atomic E-state index is 13.2. The number of carbonyl (C=O) groups is 1. The van der Waals surface area contributed by atoms with Gasteiger partial charge in [-0.25, -0.2) is 8.42 Å². The molecule has 1 fully saturated rings. The van der Waals surface area contributed by atoms with Crippen LogP contribution in [0.15, 0.2) is 23.1 Å². The van der Waals surface area contributed by atoms with Gasteiger partial charge in [0.15, 0.2) is 0 Å². The number of nitrogens with zero attached hydrogens (tertiary/aromatic N) is 3. The van der Waals surface area contributed by atoms with E-state index >= 15 is 0 Å². The Hall–Kier alpha value is -2.59. The zero-order valence-electron chi connectivity index (χ0n) is 18.6. The molecule has 0 saturated carbocycles. The third-order valence-corrected chi connectivity index (χ3v) is 7.74. The van der Waals surface area contributed by atoms with E-state index in [1.807, 2.05) is 0 Å². The third-order valence-electron chi connectivity index (χ3n) is 5.58. The fourth-order valence-electron chi connectivity index (χ4n) is 3.78. The summed E-state index contributed by atoms with van der Waals surface area (Å²) < 4.78 is 39.8. The average molecular weight is 451 g/mol. The number of aromatic nitrogens is 2. The number of hydrogen-bond acceptors (Lipinski definition) is 6. The number of hydrogen-bond donors (Lipinski definition) is 1. The van der Waals surface area contributed by atoms with Crippen molar-refractivity contribution in [2.75, 3.05) is 32.6 Å². The lowest BCUT2D eigenvalue weighted by molar-refractivity contribution is -0.116. The number of ether oxygens (including phenoxy) is 2. The molecule has 1 N–H and O–H groups in total. The van der Waals surface area contributed by atoms with Crippen LogP contribution in [-0.4, -0.2) is 55.7 Å². The van der Waals surface area contributed by atoms with Crippen LogP contribution < -0.4 is 14.8 Å². The van der Waals surface area contributed by atoms with Crippen LogP contribution in [0.2, 0.25) is 0 Å². The van der Waals surface area contributed by atoms with Crippen molar-refractivity contribution in [3.63, 3.8) is 0 Å². The zero-order valence-corrected chi connectivity index (χ0v) is 19.5. The van der Waals surface area contributed by atoms with Gasteiger partial charge in [0.25, 0.3) is 0 Å². The molecule has 1 amide bonds. The number of amides is 1. The van der Waals surface area contributed by atoms with E-state index in [-0.39, 0.29) is 17.3 Å². The summed E-state index contributed by atoms with van der Waals surface area (Å²) in [5.74, 6) is 1.28. The molecule has 2 heterocycles. The first-order valence-electron chi connectivity index (χ1n) is 10.2. The van der Waals surface area contributed by atoms with Gasteiger partial charge in [0.1, 0.15) is 22.9 Å². The molecule has 0 aliphatic carbocycles. The molecule has 0 atom stereocenters. The molecule has 1 saturated heterocycles. The summed E-state index contributed by atoms with van der Waals surface area (Å²) in [4.78, 5) is 12.8. The summed E-state index contributed by atoms with van der Waals surface area (Å²) in [6.45, 7) is 6.38. The molecule has 31 heavy (non-hydrogen) atoms. The molecule has 1 aromatic carbocycles. The second-order valence-electron chi connectivity index (χ2n) is 7.89. The third kappa shape index (κ3) is 5.01. The van der Waals surface area contributed by atoms with Gasteiger partial charge < -0.3 is 14.8 Å². The van der Waals surface area contributed by atoms with Crippen molar-refractivity contribution in [2.24, 2.45) is 5.92 Å². The normalized spacial score (nSPS) is 15.6. The van der Waals surface area contributed by atoms with E-state index in [2.05, 4.69) is 17.3 Å². The number of aryl methyl sites for hydroxylation is 1. The van der Waals surface area contributed by atoms with E-state index in [1.54, 1.807) is 32.0 Å². The van der Waals surface area contributed by atoms with Crippen molar-refractivity contribution in [3.8, 4) is 11.5 Å². The Morgan fingerprint density at radius 2 is 1.71 bits per heavy atom. The number of benzene rings is 1. The van der Waals surface area contributed by atoms with E-state index < -0.39 is 10.0 Å². The summed E-state index contributed by atoms with van der Waals surface area (Å²) in [6, 6.07) is 5.05. The highest BCUT2D eigenvalue weighted by molar-refractivity contribution is 7.89. The molecule has 0 radical (unpaired) electrons. The predicted molar refractivity (Wildman–Crippen MR) is 117 cm³/mol. The molecule has 2 aromatic rings. The number of anilines is 1. The van der Waals surface area contributed by atoms with Gasteiger partial charge in [-0.2, -0.15) is 9.40 Å². The zero-order chi connectivity index (χ0) is 22.8. The Bertz CT molecular complexity index is 1030. The highest BCUT2D eigenvalue weighted by Crippen LogP contribution is 2.28. The van der Waals surface area contributed by atoms with Crippen molar-refractivity contribution in [2.45, 2.75) is 45.1 Å². The van der Waals surface area contributed by atoms with E-state index in [0.717, 1.165) is 12.8 Å². The van der Waals surface area contributed by atoms with E-state index in [1.165, 1.54) is 23.2 Å². The molecule has 0 spiro atoms. The Kier molecular flexibility index (Phi) is 6.90. The minimum Gasteiger partial charge on any atom is -0.497 e. The van der Waals surface area contributed by atoms with Gasteiger partial charge in [-0.3, -0.25) is 9.48 Å². The summed E-state index contributed by atoms with van der Waals surface area (Å²) in [7, 11) is -0.595. The minimum atomic E-state index is -3.65. The molecule has 0 unspecified atom stereocenters. The molecule has 3 rings (SSSR count). The topological polar surface area (TPSA) is 103 Å². The number of sulfonamides is 1. The van der Waals surface area contributed by atoms with Crippen molar-refractivity contribution < 1.29 is 22.7 Å². The maximum atomic E-state index is 13.2. The lowest BCUT2D eigenvalue weighted by atomic mass is 10.0. The lowest BCUT2D eigenvalue weighted by Crippen LogP contribution is -2.38. The van der Waals surface area contributed by atoms with Gasteiger partial charge in [-0.15, -0.1) is 0 Å². The van der Waals surface area contributed by atoms with Crippen LogP contribution >= 0.6 is 0 Å². The van der Waals surface area contributed by atoms with Crippen molar-refractivity contribution in [1.29, 1.82) is 0 Å². The number of rotatable bonds is 7. The highest BCUT2D eigenvalue weighted by atomic mass is 32.2. The quantitative estimate of drug-likeness (QED) is 0.696. The number of piperidine rings is 1. The van der Waals surface area contributed by atoms with Crippen molar-refractivity contribution in [1.82, 2.24) is 14.1 Å². The molecular weight excluding hydrogens is 420 g/mol. The maximum Gasteiger partial charge on any atom is 0.246 e. The van der Waals surface area contributed by atoms with Crippen LogP contribution in [-0.2, 0) is 21.4 Å². The van der Waals surface area contributed by atoms with Gasteiger partial charge in [0.05, 0.1) is 25.6 Å². The Morgan fingerprint density at radius 1 is 1.13 bits per heavy atom. The van der Waals surface area contributed by atoms with Crippen molar-refractivity contribution >= 4 is 21.6 Å². The number of carbonyl (C=O) groups excluding carboxylic acids is 1. The number of methoxy groups -OCH3 is 2. The van der Waals surface area contributed by atoms with Crippen LogP contribution in [0.5, 0.6) is 11.5 Å². The second-order valence-corrected chi connectivity index (χ2v) is 9.77. The second kappa shape index (κ2) is 9.27. The predicted octanol–water partition coefficient (Wildman–Crippen LogP) is 2.58. The average Bonchev–Trinajstić information content (AvgIpc) is 3.01. The fraction of sp³-hybridized carbons (Fsp3) is 0.524. The van der Waals surface area contributed by atoms with Gasteiger partial charge in [0, 0.05) is 37.0 Å². The van der Waals surface area contributed by atoms with Crippen LogP contribution in [0, 0.1) is 19.8 Å². The van der Waals surface area contributed by atoms with Crippen LogP contribution in [0.1, 0.15) is 31.2 Å². The van der Waals surface area contributed by atoms with E-state index in [4.69, 9.17) is 9.47 Å². The standard InChI is InChI=1S/C21H30N4O5S/c1-14-6-8-24(9-7-14)31(27,28)21-15(2)23-25(16(21)3)13-20(26)22-17-10-18(29-4)12-19(11-17)30-5/h10-12,14H,6-9,13H2,1-5H3,(H,22,26). The summed E-state index contributed by atoms with van der Waals surface area (Å²) in [5.41, 5.74) is 1.36. The van der Waals surface area contributed by atoms with Crippen molar-refractivity contribution in [3.05, 3.63) is 29.6 Å². The first kappa shape index (κ1) is 23.1. The largest absolute Gasteiger partial charge is 0.497 e. The van der Waals surface area contributed by atoms with E-state index in [0.29, 0.717) is 47.6 Å². The lowest BCUT2D eigenvalue weighted by Gasteiger charge is -2.29. The minimum absolute atomic E-state index is 0.112. The molecule has 0 bridgehead atoms. The van der Waals surface area contributed by atoms with Crippen LogP contribution in [0.25, 0.3) is 0 Å². The van der Waals surface area contributed by atoms with Gasteiger partial charge in [-0.1, -0.05) is 6.92 Å². The van der Waals surface area contributed by atoms with Crippen LogP contribution in [0.4, 0.5) is 5.69 Å². The first-order valence-corrected chi connectivity index (χ1v) is 11.7. The Balaban J connectivity index is 1.78. The SMILES string of the molecule is COc1cc(NC(=O)Cn2nc(C)c(S(=O)(=O)N3CCC(C)CC3)c2C)cc(OC)c1. The summed E-state index contributed by atoms with van der Waals surface area (Å²) >= 11 is 0. The highest BCUT2D eigenvalue weighted by Gasteiger charge is 2.33. The molecule has 1 aliphatic rings. The van der Waals surface area contributed by atoms with Gasteiger partial charge >= 0.3 is 0 Å². The Labute approximate surface area is 183 Å². The van der Waals surface area contributed by atoms with Gasteiger partial charge in [-0.05, 0) is 32.6 Å². The molecule has 170 valence electrons.